The van der Waals surface area contributed by atoms with Gasteiger partial charge in [0.05, 0.1) is 7.11 Å². The van der Waals surface area contributed by atoms with E-state index in [2.05, 4.69) is 60.8 Å². The van der Waals surface area contributed by atoms with Crippen molar-refractivity contribution in [3.63, 3.8) is 0 Å². The predicted octanol–water partition coefficient (Wildman–Crippen LogP) is 5.93. The molecule has 1 aromatic heterocycles. The highest BCUT2D eigenvalue weighted by Gasteiger charge is 2.16. The Bertz CT molecular complexity index is 679. The van der Waals surface area contributed by atoms with Crippen LogP contribution in [0.5, 0.6) is 5.75 Å². The SMILES string of the molecule is CCc1ccc(-c2ccc[s+]c2-c2ccc(OC)cc2)cc1. The second kappa shape index (κ2) is 6.71. The highest BCUT2D eigenvalue weighted by molar-refractivity contribution is 7.13. The van der Waals surface area contributed by atoms with E-state index in [1.807, 2.05) is 12.1 Å². The van der Waals surface area contributed by atoms with Gasteiger partial charge >= 0.3 is 0 Å². The van der Waals surface area contributed by atoms with Gasteiger partial charge in [-0.3, -0.25) is 0 Å². The zero-order valence-corrected chi connectivity index (χ0v) is 13.7. The highest BCUT2D eigenvalue weighted by atomic mass is 32.1. The van der Waals surface area contributed by atoms with Gasteiger partial charge in [-0.25, -0.2) is 0 Å². The predicted molar refractivity (Wildman–Crippen MR) is 95.5 cm³/mol. The van der Waals surface area contributed by atoms with E-state index in [-0.39, 0.29) is 0 Å². The van der Waals surface area contributed by atoms with Crippen molar-refractivity contribution in [3.05, 3.63) is 71.6 Å². The third-order valence-corrected chi connectivity index (χ3v) is 4.78. The van der Waals surface area contributed by atoms with Crippen molar-refractivity contribution in [1.82, 2.24) is 0 Å². The molecule has 3 aromatic rings. The Kier molecular flexibility index (Phi) is 4.50. The van der Waals surface area contributed by atoms with E-state index in [1.54, 1.807) is 18.4 Å². The number of ether oxygens (including phenoxy) is 1. The molecule has 0 saturated heterocycles. The van der Waals surface area contributed by atoms with E-state index in [1.165, 1.54) is 27.1 Å². The zero-order chi connectivity index (χ0) is 15.4. The average Bonchev–Trinajstić information content (AvgIpc) is 2.62. The van der Waals surface area contributed by atoms with Crippen LogP contribution in [0.3, 0.4) is 0 Å². The molecule has 0 aliphatic heterocycles. The molecule has 0 unspecified atom stereocenters. The molecule has 0 N–H and O–H groups in total. The molecule has 22 heavy (non-hydrogen) atoms. The van der Waals surface area contributed by atoms with Gasteiger partial charge in [-0.05, 0) is 53.9 Å². The molecule has 0 fully saturated rings. The Morgan fingerprint density at radius 3 is 2.18 bits per heavy atom. The van der Waals surface area contributed by atoms with E-state index in [4.69, 9.17) is 4.74 Å². The van der Waals surface area contributed by atoms with Crippen LogP contribution in [-0.2, 0) is 6.42 Å². The Morgan fingerprint density at radius 1 is 0.864 bits per heavy atom. The van der Waals surface area contributed by atoms with Gasteiger partial charge in [-0.15, -0.1) is 0 Å². The standard InChI is InChI=1S/C20H19OS/c1-3-15-6-8-16(9-7-15)19-5-4-14-22-20(19)17-10-12-18(21-2)13-11-17/h4-14H,3H2,1-2H3/q+1. The molecule has 0 atom stereocenters. The van der Waals surface area contributed by atoms with Crippen molar-refractivity contribution in [3.8, 4) is 27.3 Å². The van der Waals surface area contributed by atoms with Crippen LogP contribution in [0.15, 0.2) is 66.0 Å². The number of hydrogen-bond donors (Lipinski definition) is 0. The van der Waals surface area contributed by atoms with Crippen LogP contribution in [0, 0.1) is 0 Å². The molecule has 0 saturated carbocycles. The number of hydrogen-bond acceptors (Lipinski definition) is 1. The van der Waals surface area contributed by atoms with Gasteiger partial charge in [0.1, 0.15) is 5.75 Å². The minimum absolute atomic E-state index is 0.888. The molecule has 0 aliphatic rings. The van der Waals surface area contributed by atoms with Gasteiger partial charge in [-0.2, -0.15) is 0 Å². The van der Waals surface area contributed by atoms with Crippen LogP contribution in [0.25, 0.3) is 21.6 Å². The Labute approximate surface area is 135 Å². The Morgan fingerprint density at radius 2 is 1.55 bits per heavy atom. The molecule has 0 amide bonds. The number of aryl methyl sites for hydroxylation is 1. The summed E-state index contributed by atoms with van der Waals surface area (Å²) in [6, 6.07) is 21.4. The zero-order valence-electron chi connectivity index (χ0n) is 12.9. The highest BCUT2D eigenvalue weighted by Crippen LogP contribution is 2.35. The van der Waals surface area contributed by atoms with Crippen LogP contribution in [0.4, 0.5) is 0 Å². The van der Waals surface area contributed by atoms with E-state index in [9.17, 15) is 0 Å². The monoisotopic (exact) mass is 307 g/mol. The molecule has 110 valence electrons. The molecule has 2 aromatic carbocycles. The van der Waals surface area contributed by atoms with Crippen LogP contribution in [-0.4, -0.2) is 7.11 Å². The molecule has 0 bridgehead atoms. The van der Waals surface area contributed by atoms with Gasteiger partial charge in [-0.1, -0.05) is 31.2 Å². The minimum atomic E-state index is 0.888. The van der Waals surface area contributed by atoms with E-state index < -0.39 is 0 Å². The fraction of sp³-hybridized carbons (Fsp3) is 0.150. The summed E-state index contributed by atoms with van der Waals surface area (Å²) in [6.45, 7) is 2.18. The van der Waals surface area contributed by atoms with Gasteiger partial charge in [0.2, 0.25) is 16.2 Å². The molecule has 1 nitrogen and oxygen atoms in total. The lowest BCUT2D eigenvalue weighted by Gasteiger charge is -2.05. The first kappa shape index (κ1) is 14.7. The van der Waals surface area contributed by atoms with Crippen LogP contribution in [0.2, 0.25) is 0 Å². The lowest BCUT2D eigenvalue weighted by molar-refractivity contribution is 0.415. The third kappa shape index (κ3) is 3.02. The van der Waals surface area contributed by atoms with Gasteiger partial charge in [0.15, 0.2) is 5.38 Å². The summed E-state index contributed by atoms with van der Waals surface area (Å²) in [5.74, 6) is 0.888. The van der Waals surface area contributed by atoms with Gasteiger partial charge in [0.25, 0.3) is 0 Å². The topological polar surface area (TPSA) is 9.23 Å². The van der Waals surface area contributed by atoms with Crippen LogP contribution < -0.4 is 4.74 Å². The summed E-state index contributed by atoms with van der Waals surface area (Å²) in [7, 11) is 1.70. The number of methoxy groups -OCH3 is 1. The molecule has 2 heteroatoms. The van der Waals surface area contributed by atoms with E-state index in [0.29, 0.717) is 0 Å². The molecule has 1 heterocycles. The molecule has 0 spiro atoms. The van der Waals surface area contributed by atoms with Crippen molar-refractivity contribution >= 4 is 11.3 Å². The van der Waals surface area contributed by atoms with Crippen molar-refractivity contribution in [2.45, 2.75) is 13.3 Å². The van der Waals surface area contributed by atoms with Gasteiger partial charge < -0.3 is 4.74 Å². The summed E-state index contributed by atoms with van der Waals surface area (Å²) < 4.78 is 5.25. The second-order valence-corrected chi connectivity index (χ2v) is 6.05. The number of benzene rings is 2. The summed E-state index contributed by atoms with van der Waals surface area (Å²) in [5, 5.41) is 2.13. The summed E-state index contributed by atoms with van der Waals surface area (Å²) in [4.78, 5) is 1.29. The molecule has 3 rings (SSSR count). The van der Waals surface area contributed by atoms with Crippen molar-refractivity contribution < 1.29 is 4.74 Å². The first-order valence-corrected chi connectivity index (χ1v) is 8.34. The lowest BCUT2D eigenvalue weighted by atomic mass is 10.0. The quantitative estimate of drug-likeness (QED) is 0.542. The molecule has 0 radical (unpaired) electrons. The Hall–Kier alpha value is -2.19. The second-order valence-electron chi connectivity index (χ2n) is 5.13. The van der Waals surface area contributed by atoms with Crippen molar-refractivity contribution in [2.24, 2.45) is 0 Å². The summed E-state index contributed by atoms with van der Waals surface area (Å²) >= 11 is 1.77. The lowest BCUT2D eigenvalue weighted by Crippen LogP contribution is -1.86. The minimum Gasteiger partial charge on any atom is -0.497 e. The fourth-order valence-corrected chi connectivity index (χ4v) is 3.37. The maximum atomic E-state index is 5.25. The molecular weight excluding hydrogens is 288 g/mol. The molecule has 0 aliphatic carbocycles. The largest absolute Gasteiger partial charge is 0.497 e. The van der Waals surface area contributed by atoms with E-state index >= 15 is 0 Å². The maximum Gasteiger partial charge on any atom is 0.245 e. The summed E-state index contributed by atoms with van der Waals surface area (Å²) in [5.41, 5.74) is 5.13. The smallest absolute Gasteiger partial charge is 0.245 e. The maximum absolute atomic E-state index is 5.25. The van der Waals surface area contributed by atoms with Crippen LogP contribution >= 0.6 is 11.3 Å². The first-order chi connectivity index (χ1) is 10.8. The van der Waals surface area contributed by atoms with Crippen molar-refractivity contribution in [1.29, 1.82) is 0 Å². The number of rotatable bonds is 4. The van der Waals surface area contributed by atoms with E-state index in [0.717, 1.165) is 12.2 Å². The third-order valence-electron chi connectivity index (χ3n) is 3.80. The molecular formula is C20H19OS+. The van der Waals surface area contributed by atoms with Crippen molar-refractivity contribution in [2.75, 3.05) is 7.11 Å². The normalized spacial score (nSPS) is 10.5. The average molecular weight is 307 g/mol. The van der Waals surface area contributed by atoms with Gasteiger partial charge in [0, 0.05) is 11.1 Å². The summed E-state index contributed by atoms with van der Waals surface area (Å²) in [6.07, 6.45) is 1.07. The first-order valence-electron chi connectivity index (χ1n) is 7.46. The van der Waals surface area contributed by atoms with Crippen LogP contribution in [0.1, 0.15) is 12.5 Å². The Balaban J connectivity index is 2.04. The fourth-order valence-electron chi connectivity index (χ4n) is 2.50.